The molecule has 0 saturated heterocycles. The van der Waals surface area contributed by atoms with E-state index in [0.717, 1.165) is 28.3 Å². The zero-order valence-corrected chi connectivity index (χ0v) is 19.3. The first kappa shape index (κ1) is 22.5. The maximum absolute atomic E-state index is 12.9. The van der Waals surface area contributed by atoms with E-state index in [1.165, 1.54) is 0 Å². The highest BCUT2D eigenvalue weighted by atomic mass is 16.3. The molecular weight excluding hydrogens is 442 g/mol. The summed E-state index contributed by atoms with van der Waals surface area (Å²) >= 11 is 0. The molecule has 0 radical (unpaired) electrons. The quantitative estimate of drug-likeness (QED) is 0.313. The average molecular weight is 470 g/mol. The molecule has 1 aliphatic rings. The number of para-hydroxylation sites is 1. The van der Waals surface area contributed by atoms with Crippen LogP contribution in [0, 0.1) is 0 Å². The van der Waals surface area contributed by atoms with E-state index in [1.54, 1.807) is 19.3 Å². The number of carbonyl (C=O) groups is 1. The van der Waals surface area contributed by atoms with Crippen molar-refractivity contribution in [3.8, 4) is 5.82 Å². The number of anilines is 3. The van der Waals surface area contributed by atoms with Gasteiger partial charge in [0.2, 0.25) is 11.9 Å². The van der Waals surface area contributed by atoms with Gasteiger partial charge in [-0.3, -0.25) is 9.36 Å². The number of hydrogen-bond acceptors (Lipinski definition) is 7. The van der Waals surface area contributed by atoms with E-state index in [4.69, 9.17) is 0 Å². The van der Waals surface area contributed by atoms with Crippen molar-refractivity contribution in [2.75, 3.05) is 22.5 Å². The zero-order valence-electron chi connectivity index (χ0n) is 19.3. The fourth-order valence-electron chi connectivity index (χ4n) is 4.11. The molecule has 1 amide bonds. The van der Waals surface area contributed by atoms with Crippen LogP contribution in [-0.4, -0.2) is 49.2 Å². The van der Waals surface area contributed by atoms with Crippen LogP contribution in [0.4, 0.5) is 17.3 Å². The maximum atomic E-state index is 12.9. The lowest BCUT2D eigenvalue weighted by Gasteiger charge is -2.13. The molecule has 178 valence electrons. The first-order valence-corrected chi connectivity index (χ1v) is 11.6. The predicted molar refractivity (Wildman–Crippen MR) is 135 cm³/mol. The van der Waals surface area contributed by atoms with Crippen molar-refractivity contribution in [3.63, 3.8) is 0 Å². The molecule has 3 heterocycles. The number of benzene rings is 2. The molecule has 0 fully saturated rings. The van der Waals surface area contributed by atoms with E-state index in [0.29, 0.717) is 31.2 Å². The molecule has 5 rings (SSSR count). The number of nitrogens with one attached hydrogen (secondary N) is 3. The first-order valence-electron chi connectivity index (χ1n) is 11.6. The molecule has 0 spiro atoms. The molecule has 0 bridgehead atoms. The standard InChI is InChI=1S/C26H27N7O2/c1-17(34)16-29-26-28-10-9-23(32-26)33-12-11-27-24(33)14-18-5-4-7-20(13-18)30-25(35)22-15-19-6-2-3-8-21(19)31-22/h2-13,17,22,31,34H,14-16H2,1H3,(H,30,35)(H,28,29,32)/t17-,22?/m0/s1. The molecule has 4 aromatic rings. The lowest BCUT2D eigenvalue weighted by atomic mass is 10.1. The number of fused-ring (bicyclic) bond motifs is 1. The fourth-order valence-corrected chi connectivity index (χ4v) is 4.11. The van der Waals surface area contributed by atoms with Crippen molar-refractivity contribution >= 4 is 23.2 Å². The zero-order chi connectivity index (χ0) is 24.2. The van der Waals surface area contributed by atoms with Gasteiger partial charge in [0.25, 0.3) is 0 Å². The number of carbonyl (C=O) groups excluding carboxylic acids is 1. The smallest absolute Gasteiger partial charge is 0.247 e. The van der Waals surface area contributed by atoms with Crippen LogP contribution in [0.1, 0.15) is 23.9 Å². The predicted octanol–water partition coefficient (Wildman–Crippen LogP) is 3.02. The molecule has 9 heteroatoms. The Morgan fingerprint density at radius 1 is 1.17 bits per heavy atom. The van der Waals surface area contributed by atoms with Crippen molar-refractivity contribution in [3.05, 3.63) is 90.1 Å². The highest BCUT2D eigenvalue weighted by Gasteiger charge is 2.26. The van der Waals surface area contributed by atoms with Crippen molar-refractivity contribution < 1.29 is 9.90 Å². The second-order valence-corrected chi connectivity index (χ2v) is 8.61. The van der Waals surface area contributed by atoms with Crippen LogP contribution in [0.5, 0.6) is 0 Å². The number of aliphatic hydroxyl groups excluding tert-OH is 1. The minimum absolute atomic E-state index is 0.0573. The van der Waals surface area contributed by atoms with Crippen LogP contribution in [-0.2, 0) is 17.6 Å². The van der Waals surface area contributed by atoms with Crippen molar-refractivity contribution in [1.29, 1.82) is 0 Å². The summed E-state index contributed by atoms with van der Waals surface area (Å²) in [5, 5.41) is 18.8. The molecule has 1 unspecified atom stereocenters. The lowest BCUT2D eigenvalue weighted by molar-refractivity contribution is -0.116. The summed E-state index contributed by atoms with van der Waals surface area (Å²) in [7, 11) is 0. The number of aliphatic hydroxyl groups is 1. The van der Waals surface area contributed by atoms with Crippen LogP contribution >= 0.6 is 0 Å². The summed E-state index contributed by atoms with van der Waals surface area (Å²) in [5.74, 6) is 1.87. The Morgan fingerprint density at radius 2 is 2.06 bits per heavy atom. The monoisotopic (exact) mass is 469 g/mol. The van der Waals surface area contributed by atoms with Gasteiger partial charge in [0, 0.05) is 49.4 Å². The third kappa shape index (κ3) is 5.30. The minimum atomic E-state index is -0.501. The Balaban J connectivity index is 1.27. The van der Waals surface area contributed by atoms with E-state index in [-0.39, 0.29) is 11.9 Å². The molecule has 2 aromatic carbocycles. The largest absolute Gasteiger partial charge is 0.392 e. The van der Waals surface area contributed by atoms with E-state index in [1.807, 2.05) is 65.4 Å². The normalized spacial score (nSPS) is 15.2. The highest BCUT2D eigenvalue weighted by molar-refractivity contribution is 5.98. The summed E-state index contributed by atoms with van der Waals surface area (Å²) in [6.07, 6.45) is 5.98. The van der Waals surface area contributed by atoms with Gasteiger partial charge in [-0.1, -0.05) is 30.3 Å². The van der Waals surface area contributed by atoms with Gasteiger partial charge in [0.1, 0.15) is 17.7 Å². The Morgan fingerprint density at radius 3 is 2.91 bits per heavy atom. The molecule has 2 atom stereocenters. The summed E-state index contributed by atoms with van der Waals surface area (Å²) in [5.41, 5.74) is 3.93. The molecule has 2 aromatic heterocycles. The second kappa shape index (κ2) is 9.94. The molecule has 0 aliphatic carbocycles. The Hall–Kier alpha value is -4.24. The van der Waals surface area contributed by atoms with E-state index < -0.39 is 6.10 Å². The average Bonchev–Trinajstić information content (AvgIpc) is 3.50. The summed E-state index contributed by atoms with van der Waals surface area (Å²) in [4.78, 5) is 26.1. The van der Waals surface area contributed by atoms with Crippen molar-refractivity contribution in [2.24, 2.45) is 0 Å². The number of hydrogen-bond donors (Lipinski definition) is 4. The number of rotatable bonds is 8. The topological polar surface area (TPSA) is 117 Å². The van der Waals surface area contributed by atoms with Crippen molar-refractivity contribution in [1.82, 2.24) is 19.5 Å². The molecule has 35 heavy (non-hydrogen) atoms. The van der Waals surface area contributed by atoms with E-state index >= 15 is 0 Å². The SMILES string of the molecule is C[C@H](O)CNc1nccc(-n2ccnc2Cc2cccc(NC(=O)C3Cc4ccccc4N3)c2)n1. The van der Waals surface area contributed by atoms with Gasteiger partial charge < -0.3 is 21.1 Å². The summed E-state index contributed by atoms with van der Waals surface area (Å²) in [6, 6.07) is 17.3. The third-order valence-electron chi connectivity index (χ3n) is 5.81. The summed E-state index contributed by atoms with van der Waals surface area (Å²) < 4.78 is 1.90. The minimum Gasteiger partial charge on any atom is -0.392 e. The Bertz CT molecular complexity index is 1310. The van der Waals surface area contributed by atoms with Crippen molar-refractivity contribution in [2.45, 2.75) is 31.9 Å². The van der Waals surface area contributed by atoms with Crippen LogP contribution in [0.15, 0.2) is 73.2 Å². The van der Waals surface area contributed by atoms with Gasteiger partial charge in [-0.15, -0.1) is 0 Å². The number of amides is 1. The fraction of sp³-hybridized carbons (Fsp3) is 0.231. The first-order chi connectivity index (χ1) is 17.0. The van der Waals surface area contributed by atoms with Gasteiger partial charge in [0.15, 0.2) is 0 Å². The number of nitrogens with zero attached hydrogens (tertiary/aromatic N) is 4. The maximum Gasteiger partial charge on any atom is 0.247 e. The van der Waals surface area contributed by atoms with Gasteiger partial charge >= 0.3 is 0 Å². The second-order valence-electron chi connectivity index (χ2n) is 8.61. The number of aromatic nitrogens is 4. The molecule has 4 N–H and O–H groups in total. The van der Waals surface area contributed by atoms with Gasteiger partial charge in [0.05, 0.1) is 6.10 Å². The van der Waals surface area contributed by atoms with Crippen LogP contribution < -0.4 is 16.0 Å². The van der Waals surface area contributed by atoms with Crippen LogP contribution in [0.3, 0.4) is 0 Å². The van der Waals surface area contributed by atoms with Gasteiger partial charge in [-0.05, 0) is 42.3 Å². The molecule has 9 nitrogen and oxygen atoms in total. The van der Waals surface area contributed by atoms with E-state index in [2.05, 4.69) is 30.9 Å². The van der Waals surface area contributed by atoms with Gasteiger partial charge in [-0.2, -0.15) is 4.98 Å². The Kier molecular flexibility index (Phi) is 6.40. The molecular formula is C26H27N7O2. The van der Waals surface area contributed by atoms with E-state index in [9.17, 15) is 9.90 Å². The molecule has 0 saturated carbocycles. The lowest BCUT2D eigenvalue weighted by Crippen LogP contribution is -2.32. The highest BCUT2D eigenvalue weighted by Crippen LogP contribution is 2.26. The third-order valence-corrected chi connectivity index (χ3v) is 5.81. The van der Waals surface area contributed by atoms with Gasteiger partial charge in [-0.25, -0.2) is 9.97 Å². The number of imidazole rings is 1. The van der Waals surface area contributed by atoms with Crippen LogP contribution in [0.2, 0.25) is 0 Å². The summed E-state index contributed by atoms with van der Waals surface area (Å²) in [6.45, 7) is 2.06. The Labute approximate surface area is 203 Å². The molecule has 1 aliphatic heterocycles. The van der Waals surface area contributed by atoms with Crippen LogP contribution in [0.25, 0.3) is 5.82 Å².